The van der Waals surface area contributed by atoms with Gasteiger partial charge in [0.2, 0.25) is 0 Å². The molecule has 0 radical (unpaired) electrons. The number of aryl methyl sites for hydroxylation is 1. The Balaban J connectivity index is 1.49. The van der Waals surface area contributed by atoms with E-state index < -0.39 is 11.7 Å². The fraction of sp³-hybridized carbons (Fsp3) is 0.238. The van der Waals surface area contributed by atoms with Crippen LogP contribution in [0.4, 0.5) is 15.8 Å². The van der Waals surface area contributed by atoms with Crippen molar-refractivity contribution in [3.63, 3.8) is 0 Å². The summed E-state index contributed by atoms with van der Waals surface area (Å²) in [7, 11) is 0. The SMILES string of the molecule is Cc1cn2cc(NC(=O)c3ccc(N4CCN(O)CC4)c4nccnc34)cc(F)c2n1. The van der Waals surface area contributed by atoms with Gasteiger partial charge in [0.05, 0.1) is 22.6 Å². The maximum atomic E-state index is 14.4. The molecule has 1 aromatic carbocycles. The van der Waals surface area contributed by atoms with E-state index in [1.54, 1.807) is 36.0 Å². The normalized spacial score (nSPS) is 15.0. The van der Waals surface area contributed by atoms with Crippen molar-refractivity contribution in [3.05, 3.63) is 60.1 Å². The second-order valence-corrected chi connectivity index (χ2v) is 7.47. The number of halogens is 1. The number of piperazine rings is 1. The van der Waals surface area contributed by atoms with Crippen LogP contribution in [0.1, 0.15) is 16.1 Å². The van der Waals surface area contributed by atoms with E-state index in [4.69, 9.17) is 0 Å². The number of fused-ring (bicyclic) bond motifs is 2. The number of benzene rings is 1. The van der Waals surface area contributed by atoms with E-state index in [1.807, 2.05) is 6.07 Å². The van der Waals surface area contributed by atoms with Crippen LogP contribution in [0.15, 0.2) is 43.0 Å². The highest BCUT2D eigenvalue weighted by molar-refractivity contribution is 6.13. The predicted octanol–water partition coefficient (Wildman–Crippen LogP) is 2.49. The number of rotatable bonds is 3. The summed E-state index contributed by atoms with van der Waals surface area (Å²) in [4.78, 5) is 28.1. The topological polar surface area (TPSA) is 98.9 Å². The van der Waals surface area contributed by atoms with E-state index in [2.05, 4.69) is 25.2 Å². The number of nitrogens with one attached hydrogen (secondary N) is 1. The lowest BCUT2D eigenvalue weighted by Gasteiger charge is -2.33. The number of amides is 1. The standard InChI is InChI=1S/C21H20FN7O2/c1-13-11-28-12-14(10-16(22)20(28)25-13)26-21(30)15-2-3-17(19-18(15)23-4-5-24-19)27-6-8-29(31)9-7-27/h2-5,10-12,31H,6-9H2,1H3,(H,26,30). The first-order chi connectivity index (χ1) is 15.0. The molecule has 158 valence electrons. The molecule has 4 aromatic rings. The van der Waals surface area contributed by atoms with Crippen LogP contribution in [-0.4, -0.2) is 61.7 Å². The summed E-state index contributed by atoms with van der Waals surface area (Å²) in [6.07, 6.45) is 6.43. The molecule has 1 fully saturated rings. The van der Waals surface area contributed by atoms with Crippen LogP contribution >= 0.6 is 0 Å². The summed E-state index contributed by atoms with van der Waals surface area (Å²) in [5, 5.41) is 13.7. The Kier molecular flexibility index (Phi) is 4.72. The van der Waals surface area contributed by atoms with Gasteiger partial charge in [0.25, 0.3) is 5.91 Å². The van der Waals surface area contributed by atoms with Crippen molar-refractivity contribution in [2.45, 2.75) is 6.92 Å². The van der Waals surface area contributed by atoms with Crippen LogP contribution in [0.5, 0.6) is 0 Å². The largest absolute Gasteiger partial charge is 0.367 e. The highest BCUT2D eigenvalue weighted by atomic mass is 19.1. The van der Waals surface area contributed by atoms with Crippen molar-refractivity contribution < 1.29 is 14.4 Å². The highest BCUT2D eigenvalue weighted by Gasteiger charge is 2.21. The molecule has 0 spiro atoms. The van der Waals surface area contributed by atoms with Crippen LogP contribution in [0.2, 0.25) is 0 Å². The van der Waals surface area contributed by atoms with Crippen molar-refractivity contribution in [2.24, 2.45) is 0 Å². The number of aromatic nitrogens is 4. The number of nitrogens with zero attached hydrogens (tertiary/aromatic N) is 6. The molecular formula is C21H20FN7O2. The van der Waals surface area contributed by atoms with Crippen molar-refractivity contribution >= 4 is 34.0 Å². The third kappa shape index (κ3) is 3.56. The molecule has 0 bridgehead atoms. The smallest absolute Gasteiger partial charge is 0.257 e. The minimum absolute atomic E-state index is 0.208. The average Bonchev–Trinajstić information content (AvgIpc) is 3.14. The van der Waals surface area contributed by atoms with E-state index in [0.29, 0.717) is 54.2 Å². The molecule has 1 aliphatic heterocycles. The number of hydrogen-bond acceptors (Lipinski definition) is 7. The average molecular weight is 421 g/mol. The minimum Gasteiger partial charge on any atom is -0.367 e. The number of imidazole rings is 1. The second kappa shape index (κ2) is 7.56. The van der Waals surface area contributed by atoms with Gasteiger partial charge in [-0.3, -0.25) is 14.8 Å². The van der Waals surface area contributed by atoms with Crippen molar-refractivity contribution in [1.82, 2.24) is 24.4 Å². The molecule has 0 unspecified atom stereocenters. The van der Waals surface area contributed by atoms with Gasteiger partial charge in [0.15, 0.2) is 11.5 Å². The minimum atomic E-state index is -0.520. The van der Waals surface area contributed by atoms with Crippen LogP contribution in [-0.2, 0) is 0 Å². The number of carbonyl (C=O) groups is 1. The Labute approximate surface area is 176 Å². The zero-order chi connectivity index (χ0) is 21.5. The maximum absolute atomic E-state index is 14.4. The van der Waals surface area contributed by atoms with Crippen LogP contribution in [0, 0.1) is 12.7 Å². The number of hydroxylamine groups is 2. The highest BCUT2D eigenvalue weighted by Crippen LogP contribution is 2.28. The lowest BCUT2D eigenvalue weighted by molar-refractivity contribution is -0.0935. The third-order valence-corrected chi connectivity index (χ3v) is 5.33. The summed E-state index contributed by atoms with van der Waals surface area (Å²) in [5.74, 6) is -0.929. The van der Waals surface area contributed by atoms with Gasteiger partial charge in [-0.1, -0.05) is 0 Å². The van der Waals surface area contributed by atoms with E-state index in [-0.39, 0.29) is 5.65 Å². The zero-order valence-corrected chi connectivity index (χ0v) is 16.8. The molecule has 1 aliphatic rings. The number of hydrogen-bond donors (Lipinski definition) is 2. The summed E-state index contributed by atoms with van der Waals surface area (Å²) in [5.41, 5.74) is 3.47. The predicted molar refractivity (Wildman–Crippen MR) is 113 cm³/mol. The summed E-state index contributed by atoms with van der Waals surface area (Å²) < 4.78 is 15.9. The Hall–Kier alpha value is -3.63. The Morgan fingerprint density at radius 3 is 2.61 bits per heavy atom. The monoisotopic (exact) mass is 421 g/mol. The fourth-order valence-corrected chi connectivity index (χ4v) is 3.86. The van der Waals surface area contributed by atoms with Gasteiger partial charge in [-0.15, -0.1) is 0 Å². The van der Waals surface area contributed by atoms with Crippen molar-refractivity contribution in [3.8, 4) is 0 Å². The molecule has 31 heavy (non-hydrogen) atoms. The molecule has 9 nitrogen and oxygen atoms in total. The quantitative estimate of drug-likeness (QED) is 0.524. The van der Waals surface area contributed by atoms with Gasteiger partial charge in [-0.05, 0) is 19.1 Å². The lowest BCUT2D eigenvalue weighted by Crippen LogP contribution is -2.45. The van der Waals surface area contributed by atoms with Crippen molar-refractivity contribution in [1.29, 1.82) is 0 Å². The fourth-order valence-electron chi connectivity index (χ4n) is 3.86. The molecule has 1 amide bonds. The molecular weight excluding hydrogens is 401 g/mol. The molecule has 4 heterocycles. The van der Waals surface area contributed by atoms with Gasteiger partial charge in [-0.2, -0.15) is 5.06 Å². The summed E-state index contributed by atoms with van der Waals surface area (Å²) in [6, 6.07) is 4.78. The molecule has 5 rings (SSSR count). The Morgan fingerprint density at radius 1 is 1.10 bits per heavy atom. The summed E-state index contributed by atoms with van der Waals surface area (Å²) >= 11 is 0. The van der Waals surface area contributed by atoms with Gasteiger partial charge >= 0.3 is 0 Å². The molecule has 3 aromatic heterocycles. The first-order valence-electron chi connectivity index (χ1n) is 9.88. The molecule has 2 N–H and O–H groups in total. The van der Waals surface area contributed by atoms with Crippen molar-refractivity contribution in [2.75, 3.05) is 36.4 Å². The van der Waals surface area contributed by atoms with Gasteiger partial charge in [0, 0.05) is 57.0 Å². The Morgan fingerprint density at radius 2 is 1.84 bits per heavy atom. The van der Waals surface area contributed by atoms with E-state index in [1.165, 1.54) is 17.3 Å². The number of carbonyl (C=O) groups excluding carboxylic acids is 1. The van der Waals surface area contributed by atoms with Gasteiger partial charge in [0.1, 0.15) is 11.0 Å². The van der Waals surface area contributed by atoms with Crippen LogP contribution in [0.25, 0.3) is 16.7 Å². The molecule has 0 aliphatic carbocycles. The van der Waals surface area contributed by atoms with Crippen LogP contribution < -0.4 is 10.2 Å². The van der Waals surface area contributed by atoms with Gasteiger partial charge in [-0.25, -0.2) is 9.37 Å². The summed E-state index contributed by atoms with van der Waals surface area (Å²) in [6.45, 7) is 4.09. The molecule has 10 heteroatoms. The number of anilines is 2. The molecule has 0 saturated carbocycles. The van der Waals surface area contributed by atoms with Gasteiger partial charge < -0.3 is 19.8 Å². The first kappa shape index (κ1) is 19.3. The van der Waals surface area contributed by atoms with E-state index in [0.717, 1.165) is 5.69 Å². The Bertz CT molecular complexity index is 1300. The zero-order valence-electron chi connectivity index (χ0n) is 16.8. The second-order valence-electron chi connectivity index (χ2n) is 7.47. The lowest BCUT2D eigenvalue weighted by atomic mass is 10.1. The molecule has 1 saturated heterocycles. The maximum Gasteiger partial charge on any atom is 0.257 e. The van der Waals surface area contributed by atoms with E-state index >= 15 is 0 Å². The number of pyridine rings is 1. The van der Waals surface area contributed by atoms with Crippen LogP contribution in [0.3, 0.4) is 0 Å². The third-order valence-electron chi connectivity index (χ3n) is 5.33. The van der Waals surface area contributed by atoms with E-state index in [9.17, 15) is 14.4 Å². The first-order valence-corrected chi connectivity index (χ1v) is 9.88. The molecule has 0 atom stereocenters.